The van der Waals surface area contributed by atoms with E-state index in [4.69, 9.17) is 16.3 Å². The van der Waals surface area contributed by atoms with Crippen LogP contribution in [0.5, 0.6) is 17.5 Å². The van der Waals surface area contributed by atoms with Gasteiger partial charge in [0.2, 0.25) is 6.35 Å². The number of likely N-dealkylation sites (N-methyl/N-ethyl adjacent to an activating group) is 1. The monoisotopic (exact) mass is 567 g/mol. The Kier molecular flexibility index (Phi) is 8.04. The molecule has 1 aliphatic rings. The minimum absolute atomic E-state index is 0.0214. The van der Waals surface area contributed by atoms with E-state index in [9.17, 15) is 27.9 Å². The van der Waals surface area contributed by atoms with Crippen LogP contribution in [0.4, 0.5) is 19.0 Å². The number of carbonyl (C=O) groups excluding carboxylic acids is 2. The van der Waals surface area contributed by atoms with E-state index in [-0.39, 0.29) is 48.7 Å². The number of imidazole rings is 1. The molecule has 14 heteroatoms. The van der Waals surface area contributed by atoms with Crippen LogP contribution < -0.4 is 14.4 Å². The number of ether oxygens (including phenoxy) is 2. The number of hydrogen-bond donors (Lipinski definition) is 1. The van der Waals surface area contributed by atoms with Crippen molar-refractivity contribution in [1.29, 1.82) is 0 Å². The van der Waals surface area contributed by atoms with E-state index in [1.165, 1.54) is 28.6 Å². The van der Waals surface area contributed by atoms with Crippen LogP contribution in [0.3, 0.4) is 0 Å². The van der Waals surface area contributed by atoms with Crippen LogP contribution in [0.15, 0.2) is 48.5 Å². The van der Waals surface area contributed by atoms with Gasteiger partial charge in [-0.25, -0.2) is 0 Å². The molecule has 0 saturated heterocycles. The molecular formula is C25H25ClF3N5O5. The molecule has 1 aromatic heterocycles. The molecule has 4 rings (SSSR count). The van der Waals surface area contributed by atoms with Gasteiger partial charge in [-0.05, 0) is 43.9 Å². The van der Waals surface area contributed by atoms with Crippen molar-refractivity contribution in [2.24, 2.45) is 0 Å². The number of anilines is 1. The molecule has 1 aliphatic heterocycles. The van der Waals surface area contributed by atoms with Crippen LogP contribution in [0.2, 0.25) is 5.02 Å². The lowest BCUT2D eigenvalue weighted by molar-refractivity contribution is -0.274. The first-order valence-electron chi connectivity index (χ1n) is 11.6. The van der Waals surface area contributed by atoms with E-state index in [0.29, 0.717) is 10.6 Å². The van der Waals surface area contributed by atoms with Crippen LogP contribution >= 0.6 is 11.6 Å². The molecular weight excluding hydrogens is 543 g/mol. The molecule has 208 valence electrons. The highest BCUT2D eigenvalue weighted by molar-refractivity contribution is 6.30. The second-order valence-electron chi connectivity index (χ2n) is 9.07. The molecule has 0 saturated carbocycles. The summed E-state index contributed by atoms with van der Waals surface area (Å²) >= 11 is 6.00. The summed E-state index contributed by atoms with van der Waals surface area (Å²) in [7, 11) is 4.90. The number of fused-ring (bicyclic) bond motifs is 1. The van der Waals surface area contributed by atoms with Crippen LogP contribution in [0, 0.1) is 0 Å². The molecule has 1 unspecified atom stereocenters. The highest BCUT2D eigenvalue weighted by atomic mass is 35.5. The molecule has 0 spiro atoms. The van der Waals surface area contributed by atoms with E-state index in [1.807, 2.05) is 0 Å². The fourth-order valence-corrected chi connectivity index (χ4v) is 4.15. The third-order valence-corrected chi connectivity index (χ3v) is 5.93. The minimum Gasteiger partial charge on any atom is -0.425 e. The quantitative estimate of drug-likeness (QED) is 0.419. The van der Waals surface area contributed by atoms with E-state index in [1.54, 1.807) is 43.3 Å². The molecule has 2 heterocycles. The van der Waals surface area contributed by atoms with Gasteiger partial charge in [-0.15, -0.1) is 13.2 Å². The zero-order valence-electron chi connectivity index (χ0n) is 21.1. The molecule has 0 bridgehead atoms. The lowest BCUT2D eigenvalue weighted by Crippen LogP contribution is -2.56. The van der Waals surface area contributed by atoms with Gasteiger partial charge >= 0.3 is 12.4 Å². The normalized spacial score (nSPS) is 15.5. The highest BCUT2D eigenvalue weighted by Gasteiger charge is 2.41. The van der Waals surface area contributed by atoms with Crippen molar-refractivity contribution in [2.45, 2.75) is 19.3 Å². The highest BCUT2D eigenvalue weighted by Crippen LogP contribution is 2.36. The summed E-state index contributed by atoms with van der Waals surface area (Å²) in [5, 5.41) is 11.3. The number of alkyl halides is 3. The standard InChI is InChI=1S/C25H25ClF3N5O5/c1-31(2)13-17(35)14-34-22(36)20-21(32(3)24(34)37)30-23(33(20)12-15-7-9-16(26)10-8-15)38-18-5-4-6-19(11-18)39-25(27,28)29/h4-11,24,37H,12-14H2,1-3H3. The molecule has 10 nitrogen and oxygen atoms in total. The molecule has 39 heavy (non-hydrogen) atoms. The van der Waals surface area contributed by atoms with E-state index in [2.05, 4.69) is 9.72 Å². The van der Waals surface area contributed by atoms with Crippen molar-refractivity contribution in [3.63, 3.8) is 0 Å². The van der Waals surface area contributed by atoms with Gasteiger partial charge in [0.1, 0.15) is 11.5 Å². The molecule has 0 aliphatic carbocycles. The number of aromatic nitrogens is 2. The van der Waals surface area contributed by atoms with Gasteiger partial charge in [0, 0.05) is 18.1 Å². The fourth-order valence-electron chi connectivity index (χ4n) is 4.02. The Bertz CT molecular complexity index is 1360. The molecule has 1 N–H and O–H groups in total. The zero-order chi connectivity index (χ0) is 28.5. The Morgan fingerprint density at radius 3 is 2.46 bits per heavy atom. The number of aliphatic hydroxyl groups excluding tert-OH is 1. The van der Waals surface area contributed by atoms with Crippen LogP contribution in [0.1, 0.15) is 16.1 Å². The van der Waals surface area contributed by atoms with Gasteiger partial charge in [0.05, 0.1) is 19.6 Å². The van der Waals surface area contributed by atoms with Crippen LogP contribution in [0.25, 0.3) is 0 Å². The average molecular weight is 568 g/mol. The number of aliphatic hydroxyl groups is 1. The van der Waals surface area contributed by atoms with Crippen molar-refractivity contribution < 1.29 is 37.3 Å². The Labute approximate surface area is 226 Å². The molecule has 3 aromatic rings. The number of halogens is 4. The average Bonchev–Trinajstić information content (AvgIpc) is 3.18. The lowest BCUT2D eigenvalue weighted by atomic mass is 10.2. The van der Waals surface area contributed by atoms with Crippen molar-refractivity contribution in [2.75, 3.05) is 39.1 Å². The first kappa shape index (κ1) is 28.2. The SMILES string of the molecule is CN(C)CC(=O)CN1C(=O)c2c(nc(Oc3cccc(OC(F)(F)F)c3)n2Cc2ccc(Cl)cc2)N(C)C1O. The number of amides is 1. The van der Waals surface area contributed by atoms with Crippen LogP contribution in [-0.4, -0.2) is 83.1 Å². The Balaban J connectivity index is 1.75. The summed E-state index contributed by atoms with van der Waals surface area (Å²) in [6.45, 7) is -0.244. The van der Waals surface area contributed by atoms with E-state index >= 15 is 0 Å². The predicted octanol–water partition coefficient (Wildman–Crippen LogP) is 3.57. The fraction of sp³-hybridized carbons (Fsp3) is 0.320. The van der Waals surface area contributed by atoms with Gasteiger partial charge in [0.15, 0.2) is 17.3 Å². The first-order chi connectivity index (χ1) is 18.3. The van der Waals surface area contributed by atoms with Crippen molar-refractivity contribution >= 4 is 29.1 Å². The van der Waals surface area contributed by atoms with Gasteiger partial charge < -0.3 is 24.4 Å². The third kappa shape index (κ3) is 6.61. The Morgan fingerprint density at radius 2 is 1.82 bits per heavy atom. The van der Waals surface area contributed by atoms with Gasteiger partial charge in [-0.2, -0.15) is 4.98 Å². The number of ketones is 1. The van der Waals surface area contributed by atoms with E-state index in [0.717, 1.165) is 17.0 Å². The number of carbonyl (C=O) groups is 2. The molecule has 0 fully saturated rings. The minimum atomic E-state index is -4.90. The molecule has 0 radical (unpaired) electrons. The smallest absolute Gasteiger partial charge is 0.425 e. The summed E-state index contributed by atoms with van der Waals surface area (Å²) in [5.41, 5.74) is 0.725. The summed E-state index contributed by atoms with van der Waals surface area (Å²) < 4.78 is 49.4. The largest absolute Gasteiger partial charge is 0.573 e. The van der Waals surface area contributed by atoms with Crippen molar-refractivity contribution in [3.05, 3.63) is 64.8 Å². The summed E-state index contributed by atoms with van der Waals surface area (Å²) in [5.74, 6) is -1.45. The third-order valence-electron chi connectivity index (χ3n) is 5.68. The van der Waals surface area contributed by atoms with Gasteiger partial charge in [-0.3, -0.25) is 19.1 Å². The summed E-state index contributed by atoms with van der Waals surface area (Å²) in [6, 6.07) is 11.5. The van der Waals surface area contributed by atoms with Gasteiger partial charge in [0.25, 0.3) is 5.91 Å². The zero-order valence-corrected chi connectivity index (χ0v) is 21.9. The maximum absolute atomic E-state index is 13.6. The first-order valence-corrected chi connectivity index (χ1v) is 12.0. The second kappa shape index (κ2) is 11.1. The number of nitrogens with zero attached hydrogens (tertiary/aromatic N) is 5. The topological polar surface area (TPSA) is 100 Å². The number of hydrogen-bond acceptors (Lipinski definition) is 8. The Morgan fingerprint density at radius 1 is 1.15 bits per heavy atom. The maximum Gasteiger partial charge on any atom is 0.573 e. The maximum atomic E-state index is 13.6. The van der Waals surface area contributed by atoms with E-state index < -0.39 is 24.4 Å². The van der Waals surface area contributed by atoms with Crippen LogP contribution in [-0.2, 0) is 11.3 Å². The second-order valence-corrected chi connectivity index (χ2v) is 9.51. The summed E-state index contributed by atoms with van der Waals surface area (Å²) in [6.07, 6.45) is -6.39. The Hall–Kier alpha value is -3.81. The van der Waals surface area contributed by atoms with Crippen molar-refractivity contribution in [3.8, 4) is 17.5 Å². The lowest BCUT2D eigenvalue weighted by Gasteiger charge is -2.38. The predicted molar refractivity (Wildman–Crippen MR) is 135 cm³/mol. The summed E-state index contributed by atoms with van der Waals surface area (Å²) in [4.78, 5) is 34.5. The number of rotatable bonds is 9. The molecule has 2 aromatic carbocycles. The number of benzene rings is 2. The molecule has 1 amide bonds. The van der Waals surface area contributed by atoms with Crippen molar-refractivity contribution in [1.82, 2.24) is 19.4 Å². The van der Waals surface area contributed by atoms with Gasteiger partial charge in [-0.1, -0.05) is 29.8 Å². The number of Topliss-reactive ketones (excluding diaryl/α,β-unsaturated/α-hetero) is 1. The molecule has 1 atom stereocenters.